The van der Waals surface area contributed by atoms with Crippen LogP contribution in [0.2, 0.25) is 0 Å². The molecule has 1 fully saturated rings. The Bertz CT molecular complexity index is 1510. The first-order valence-electron chi connectivity index (χ1n) is 12.4. The van der Waals surface area contributed by atoms with Gasteiger partial charge in [0.2, 0.25) is 15.9 Å². The number of thiazole rings is 1. The maximum absolute atomic E-state index is 14.2. The molecule has 9 heteroatoms. The van der Waals surface area contributed by atoms with Crippen LogP contribution in [0.5, 0.6) is 0 Å². The Hall–Kier alpha value is -3.14. The highest BCUT2D eigenvalue weighted by atomic mass is 32.2. The number of hydrogen-bond acceptors (Lipinski definition) is 5. The SMILES string of the molecule is CCc1cccc2sc(N(Cc3ccccc3)C(=O)C3CCN(S(=O)(=O)c4ccccc4F)CC3)nc12. The number of anilines is 1. The Morgan fingerprint density at radius 1 is 1.03 bits per heavy atom. The molecule has 5 rings (SSSR count). The Morgan fingerprint density at radius 2 is 1.73 bits per heavy atom. The number of aryl methyl sites for hydroxylation is 1. The van der Waals surface area contributed by atoms with E-state index in [0.29, 0.717) is 24.5 Å². The number of para-hydroxylation sites is 1. The van der Waals surface area contributed by atoms with Crippen molar-refractivity contribution in [2.24, 2.45) is 5.92 Å². The summed E-state index contributed by atoms with van der Waals surface area (Å²) in [5.74, 6) is -1.19. The molecule has 0 aliphatic carbocycles. The van der Waals surface area contributed by atoms with Crippen LogP contribution in [-0.4, -0.2) is 36.7 Å². The molecule has 3 aromatic carbocycles. The van der Waals surface area contributed by atoms with Crippen molar-refractivity contribution in [1.29, 1.82) is 0 Å². The molecule has 0 atom stereocenters. The summed E-state index contributed by atoms with van der Waals surface area (Å²) in [5.41, 5.74) is 3.05. The number of sulfonamides is 1. The number of halogens is 1. The second-order valence-corrected chi connectivity index (χ2v) is 12.0. The molecule has 4 aromatic rings. The fourth-order valence-electron chi connectivity index (χ4n) is 4.76. The van der Waals surface area contributed by atoms with Gasteiger partial charge in [0.25, 0.3) is 0 Å². The lowest BCUT2D eigenvalue weighted by atomic mass is 9.96. The summed E-state index contributed by atoms with van der Waals surface area (Å²) >= 11 is 1.50. The Morgan fingerprint density at radius 3 is 2.43 bits per heavy atom. The monoisotopic (exact) mass is 537 g/mol. The minimum Gasteiger partial charge on any atom is -0.283 e. The van der Waals surface area contributed by atoms with Crippen LogP contribution in [0.4, 0.5) is 9.52 Å². The van der Waals surface area contributed by atoms with Gasteiger partial charge in [-0.25, -0.2) is 17.8 Å². The number of carbonyl (C=O) groups excluding carboxylic acids is 1. The zero-order chi connectivity index (χ0) is 26.0. The molecule has 2 heterocycles. The third-order valence-electron chi connectivity index (χ3n) is 6.81. The molecule has 37 heavy (non-hydrogen) atoms. The van der Waals surface area contributed by atoms with Crippen LogP contribution in [0.15, 0.2) is 77.7 Å². The highest BCUT2D eigenvalue weighted by Crippen LogP contribution is 2.34. The fourth-order valence-corrected chi connectivity index (χ4v) is 7.31. The van der Waals surface area contributed by atoms with E-state index in [4.69, 9.17) is 4.98 Å². The predicted molar refractivity (Wildman–Crippen MR) is 145 cm³/mol. The molecule has 0 radical (unpaired) electrons. The van der Waals surface area contributed by atoms with Gasteiger partial charge in [0.05, 0.1) is 16.8 Å². The van der Waals surface area contributed by atoms with E-state index >= 15 is 0 Å². The molecule has 1 aliphatic rings. The van der Waals surface area contributed by atoms with Crippen LogP contribution < -0.4 is 4.90 Å². The third-order valence-corrected chi connectivity index (χ3v) is 9.79. The number of hydrogen-bond donors (Lipinski definition) is 0. The van der Waals surface area contributed by atoms with Crippen LogP contribution in [-0.2, 0) is 27.8 Å². The summed E-state index contributed by atoms with van der Waals surface area (Å²) in [6, 6.07) is 21.3. The topological polar surface area (TPSA) is 70.6 Å². The van der Waals surface area contributed by atoms with Gasteiger partial charge in [0, 0.05) is 19.0 Å². The molecule has 1 saturated heterocycles. The molecule has 0 N–H and O–H groups in total. The number of benzene rings is 3. The molecule has 6 nitrogen and oxygen atoms in total. The number of carbonyl (C=O) groups is 1. The average molecular weight is 538 g/mol. The van der Waals surface area contributed by atoms with Gasteiger partial charge in [0.1, 0.15) is 10.7 Å². The van der Waals surface area contributed by atoms with Crippen molar-refractivity contribution in [2.75, 3.05) is 18.0 Å². The van der Waals surface area contributed by atoms with E-state index in [1.165, 1.54) is 33.8 Å². The van der Waals surface area contributed by atoms with E-state index in [2.05, 4.69) is 13.0 Å². The standard InChI is InChI=1S/C28H28FN3O3S2/c1-2-21-11-8-13-24-26(21)30-28(36-24)32(19-20-9-4-3-5-10-20)27(33)22-15-17-31(18-16-22)37(34,35)25-14-7-6-12-23(25)29/h3-14,22H,2,15-19H2,1H3. The lowest BCUT2D eigenvalue weighted by Crippen LogP contribution is -2.44. The molecule has 192 valence electrons. The number of piperidine rings is 1. The smallest absolute Gasteiger partial charge is 0.245 e. The van der Waals surface area contributed by atoms with Gasteiger partial charge in [-0.05, 0) is 48.6 Å². The maximum Gasteiger partial charge on any atom is 0.245 e. The van der Waals surface area contributed by atoms with E-state index < -0.39 is 15.8 Å². The minimum atomic E-state index is -3.96. The number of rotatable bonds is 7. The normalized spacial score (nSPS) is 15.2. The zero-order valence-electron chi connectivity index (χ0n) is 20.5. The van der Waals surface area contributed by atoms with E-state index in [1.54, 1.807) is 4.90 Å². The first kappa shape index (κ1) is 25.5. The first-order valence-corrected chi connectivity index (χ1v) is 14.6. The second kappa shape index (κ2) is 10.7. The fraction of sp³-hybridized carbons (Fsp3) is 0.286. The van der Waals surface area contributed by atoms with Crippen molar-refractivity contribution < 1.29 is 17.6 Å². The molecule has 1 amide bonds. The Balaban J connectivity index is 1.39. The number of nitrogens with zero attached hydrogens (tertiary/aromatic N) is 3. The van der Waals surface area contributed by atoms with E-state index in [1.807, 2.05) is 42.5 Å². The van der Waals surface area contributed by atoms with Crippen molar-refractivity contribution in [3.05, 3.63) is 89.7 Å². The number of amides is 1. The molecular weight excluding hydrogens is 509 g/mol. The van der Waals surface area contributed by atoms with Crippen LogP contribution in [0.25, 0.3) is 10.2 Å². The van der Waals surface area contributed by atoms with Crippen molar-refractivity contribution in [1.82, 2.24) is 9.29 Å². The lowest BCUT2D eigenvalue weighted by molar-refractivity contribution is -0.123. The number of aromatic nitrogens is 1. The quantitative estimate of drug-likeness (QED) is 0.306. The summed E-state index contributed by atoms with van der Waals surface area (Å²) in [6.45, 7) is 2.79. The number of fused-ring (bicyclic) bond motifs is 1. The molecule has 1 aliphatic heterocycles. The summed E-state index contributed by atoms with van der Waals surface area (Å²) in [6.07, 6.45) is 1.58. The molecule has 0 bridgehead atoms. The van der Waals surface area contributed by atoms with E-state index in [-0.39, 0.29) is 29.8 Å². The van der Waals surface area contributed by atoms with Gasteiger partial charge < -0.3 is 0 Å². The van der Waals surface area contributed by atoms with Crippen LogP contribution >= 0.6 is 11.3 Å². The Kier molecular flexibility index (Phi) is 7.37. The maximum atomic E-state index is 14.2. The molecule has 1 aromatic heterocycles. The van der Waals surface area contributed by atoms with Crippen LogP contribution in [0.1, 0.15) is 30.9 Å². The average Bonchev–Trinajstić information content (AvgIpc) is 3.36. The largest absolute Gasteiger partial charge is 0.283 e. The molecule has 0 unspecified atom stereocenters. The highest BCUT2D eigenvalue weighted by molar-refractivity contribution is 7.89. The summed E-state index contributed by atoms with van der Waals surface area (Å²) in [4.78, 5) is 20.2. The summed E-state index contributed by atoms with van der Waals surface area (Å²) in [5, 5.41) is 0.645. The molecule has 0 saturated carbocycles. The van der Waals surface area contributed by atoms with Gasteiger partial charge in [-0.1, -0.05) is 72.9 Å². The first-order chi connectivity index (χ1) is 17.9. The van der Waals surface area contributed by atoms with Crippen molar-refractivity contribution in [3.8, 4) is 0 Å². The summed E-state index contributed by atoms with van der Waals surface area (Å²) < 4.78 is 42.6. The van der Waals surface area contributed by atoms with Crippen molar-refractivity contribution in [3.63, 3.8) is 0 Å². The second-order valence-electron chi connectivity index (χ2n) is 9.13. The van der Waals surface area contributed by atoms with Gasteiger partial charge in [-0.3, -0.25) is 9.69 Å². The molecule has 0 spiro atoms. The summed E-state index contributed by atoms with van der Waals surface area (Å²) in [7, 11) is -3.96. The van der Waals surface area contributed by atoms with Gasteiger partial charge >= 0.3 is 0 Å². The van der Waals surface area contributed by atoms with Gasteiger partial charge in [-0.15, -0.1) is 0 Å². The van der Waals surface area contributed by atoms with Crippen molar-refractivity contribution in [2.45, 2.75) is 37.6 Å². The highest BCUT2D eigenvalue weighted by Gasteiger charge is 2.36. The third kappa shape index (κ3) is 5.16. The zero-order valence-corrected chi connectivity index (χ0v) is 22.1. The molecular formula is C28H28FN3O3S2. The lowest BCUT2D eigenvalue weighted by Gasteiger charge is -2.33. The predicted octanol–water partition coefficient (Wildman–Crippen LogP) is 5.63. The van der Waals surface area contributed by atoms with E-state index in [0.717, 1.165) is 33.8 Å². The van der Waals surface area contributed by atoms with Crippen molar-refractivity contribution >= 4 is 42.6 Å². The van der Waals surface area contributed by atoms with Crippen LogP contribution in [0.3, 0.4) is 0 Å². The van der Waals surface area contributed by atoms with E-state index in [9.17, 15) is 17.6 Å². The van der Waals surface area contributed by atoms with Gasteiger partial charge in [0.15, 0.2) is 5.13 Å². The van der Waals surface area contributed by atoms with Crippen LogP contribution in [0, 0.1) is 11.7 Å². The minimum absolute atomic E-state index is 0.0658. The van der Waals surface area contributed by atoms with Gasteiger partial charge in [-0.2, -0.15) is 4.31 Å². The Labute approximate surface area is 220 Å².